The average molecular weight is 290 g/mol. The first kappa shape index (κ1) is 15.2. The SMILES string of the molecule is CCC(CO)(CO)Nc1cc(C(=O)O)c2ccccc2n1. The number of hydrogen-bond acceptors (Lipinski definition) is 5. The van der Waals surface area contributed by atoms with Gasteiger partial charge >= 0.3 is 5.97 Å². The third-order valence-electron chi connectivity index (χ3n) is 3.62. The van der Waals surface area contributed by atoms with Gasteiger partial charge in [-0.05, 0) is 18.6 Å². The molecule has 2 rings (SSSR count). The van der Waals surface area contributed by atoms with E-state index in [2.05, 4.69) is 10.3 Å². The van der Waals surface area contributed by atoms with Crippen molar-refractivity contribution in [3.8, 4) is 0 Å². The summed E-state index contributed by atoms with van der Waals surface area (Å²) in [6, 6.07) is 8.36. The van der Waals surface area contributed by atoms with Crippen LogP contribution in [0.5, 0.6) is 0 Å². The molecule has 0 saturated heterocycles. The Morgan fingerprint density at radius 3 is 2.52 bits per heavy atom. The Morgan fingerprint density at radius 1 is 1.29 bits per heavy atom. The van der Waals surface area contributed by atoms with Crippen LogP contribution in [0.15, 0.2) is 30.3 Å². The van der Waals surface area contributed by atoms with Gasteiger partial charge in [0, 0.05) is 5.39 Å². The molecule has 1 heterocycles. The van der Waals surface area contributed by atoms with Gasteiger partial charge in [0.15, 0.2) is 0 Å². The van der Waals surface area contributed by atoms with Gasteiger partial charge in [-0.25, -0.2) is 9.78 Å². The van der Waals surface area contributed by atoms with E-state index < -0.39 is 11.5 Å². The van der Waals surface area contributed by atoms with Gasteiger partial charge in [-0.15, -0.1) is 0 Å². The topological polar surface area (TPSA) is 103 Å². The molecule has 0 fully saturated rings. The fourth-order valence-corrected chi connectivity index (χ4v) is 2.13. The second-order valence-corrected chi connectivity index (χ2v) is 4.95. The van der Waals surface area contributed by atoms with Gasteiger partial charge in [-0.1, -0.05) is 25.1 Å². The van der Waals surface area contributed by atoms with Gasteiger partial charge in [0.2, 0.25) is 0 Å². The average Bonchev–Trinajstić information content (AvgIpc) is 2.52. The van der Waals surface area contributed by atoms with E-state index in [1.54, 1.807) is 24.3 Å². The summed E-state index contributed by atoms with van der Waals surface area (Å²) in [6.45, 7) is 1.26. The molecule has 1 aromatic heterocycles. The van der Waals surface area contributed by atoms with Crippen LogP contribution in [0, 0.1) is 0 Å². The van der Waals surface area contributed by atoms with Gasteiger partial charge in [-0.3, -0.25) is 0 Å². The molecule has 6 heteroatoms. The van der Waals surface area contributed by atoms with Crippen molar-refractivity contribution in [2.45, 2.75) is 18.9 Å². The second-order valence-electron chi connectivity index (χ2n) is 4.95. The molecule has 0 radical (unpaired) electrons. The smallest absolute Gasteiger partial charge is 0.336 e. The van der Waals surface area contributed by atoms with Crippen molar-refractivity contribution in [3.05, 3.63) is 35.9 Å². The Labute approximate surface area is 122 Å². The summed E-state index contributed by atoms with van der Waals surface area (Å²) in [5, 5.41) is 31.8. The van der Waals surface area contributed by atoms with Crippen LogP contribution in [0.3, 0.4) is 0 Å². The molecule has 112 valence electrons. The molecule has 0 atom stereocenters. The molecular formula is C15H18N2O4. The molecule has 0 amide bonds. The number of pyridine rings is 1. The highest BCUT2D eigenvalue weighted by molar-refractivity contribution is 6.03. The minimum atomic E-state index is -1.05. The highest BCUT2D eigenvalue weighted by Gasteiger charge is 2.27. The summed E-state index contributed by atoms with van der Waals surface area (Å²) < 4.78 is 0. The van der Waals surface area contributed by atoms with Gasteiger partial charge in [0.05, 0.1) is 29.8 Å². The number of fused-ring (bicyclic) bond motifs is 1. The van der Waals surface area contributed by atoms with Gasteiger partial charge in [-0.2, -0.15) is 0 Å². The number of nitrogens with zero attached hydrogens (tertiary/aromatic N) is 1. The quantitative estimate of drug-likeness (QED) is 0.642. The minimum absolute atomic E-state index is 0.129. The van der Waals surface area contributed by atoms with Crippen molar-refractivity contribution in [2.75, 3.05) is 18.5 Å². The number of hydrogen-bond donors (Lipinski definition) is 4. The van der Waals surface area contributed by atoms with Gasteiger partial charge in [0.25, 0.3) is 0 Å². The fraction of sp³-hybridized carbons (Fsp3) is 0.333. The lowest BCUT2D eigenvalue weighted by atomic mass is 9.98. The highest BCUT2D eigenvalue weighted by Crippen LogP contribution is 2.24. The van der Waals surface area contributed by atoms with E-state index in [1.807, 2.05) is 6.92 Å². The Kier molecular flexibility index (Phi) is 4.40. The number of carboxylic acids is 1. The molecular weight excluding hydrogens is 272 g/mol. The van der Waals surface area contributed by atoms with E-state index in [-0.39, 0.29) is 18.8 Å². The van der Waals surface area contributed by atoms with Crippen molar-refractivity contribution in [1.82, 2.24) is 4.98 Å². The van der Waals surface area contributed by atoms with Crippen LogP contribution in [0.25, 0.3) is 10.9 Å². The molecule has 0 aliphatic heterocycles. The Balaban J connectivity index is 2.53. The molecule has 1 aromatic carbocycles. The van der Waals surface area contributed by atoms with E-state index in [9.17, 15) is 20.1 Å². The Bertz CT molecular complexity index is 645. The summed E-state index contributed by atoms with van der Waals surface area (Å²) >= 11 is 0. The maximum absolute atomic E-state index is 11.4. The number of carbonyl (C=O) groups is 1. The van der Waals surface area contributed by atoms with Crippen molar-refractivity contribution in [2.24, 2.45) is 0 Å². The molecule has 0 bridgehead atoms. The monoisotopic (exact) mass is 290 g/mol. The second kappa shape index (κ2) is 6.07. The highest BCUT2D eigenvalue weighted by atomic mass is 16.4. The first-order valence-electron chi connectivity index (χ1n) is 6.68. The predicted molar refractivity (Wildman–Crippen MR) is 79.5 cm³/mol. The molecule has 6 nitrogen and oxygen atoms in total. The molecule has 0 aliphatic carbocycles. The van der Waals surface area contributed by atoms with Gasteiger partial charge < -0.3 is 20.6 Å². The van der Waals surface area contributed by atoms with Gasteiger partial charge in [0.1, 0.15) is 5.82 Å². The standard InChI is InChI=1S/C15H18N2O4/c1-2-15(8-18,9-19)17-13-7-11(14(20)21)10-5-3-4-6-12(10)16-13/h3-7,18-19H,2,8-9H2,1H3,(H,16,17)(H,20,21). The number of para-hydroxylation sites is 1. The number of aliphatic hydroxyl groups is 2. The lowest BCUT2D eigenvalue weighted by Crippen LogP contribution is -2.45. The van der Waals surface area contributed by atoms with Crippen LogP contribution >= 0.6 is 0 Å². The van der Waals surface area contributed by atoms with E-state index in [0.717, 1.165) is 0 Å². The lowest BCUT2D eigenvalue weighted by Gasteiger charge is -2.30. The third-order valence-corrected chi connectivity index (χ3v) is 3.62. The van der Waals surface area contributed by atoms with Crippen LogP contribution in [-0.2, 0) is 0 Å². The zero-order valence-electron chi connectivity index (χ0n) is 11.7. The van der Waals surface area contributed by atoms with Crippen molar-refractivity contribution in [3.63, 3.8) is 0 Å². The zero-order valence-corrected chi connectivity index (χ0v) is 11.7. The molecule has 0 aliphatic rings. The Morgan fingerprint density at radius 2 is 1.95 bits per heavy atom. The molecule has 21 heavy (non-hydrogen) atoms. The first-order valence-corrected chi connectivity index (χ1v) is 6.68. The first-order chi connectivity index (χ1) is 10.0. The molecule has 0 spiro atoms. The van der Waals surface area contributed by atoms with Crippen LogP contribution < -0.4 is 5.32 Å². The predicted octanol–water partition coefficient (Wildman–Crippen LogP) is 1.48. The summed E-state index contributed by atoms with van der Waals surface area (Å²) in [5.74, 6) is -0.734. The van der Waals surface area contributed by atoms with Crippen LogP contribution in [0.2, 0.25) is 0 Å². The summed E-state index contributed by atoms with van der Waals surface area (Å²) in [4.78, 5) is 15.7. The summed E-state index contributed by atoms with van der Waals surface area (Å²) in [7, 11) is 0. The van der Waals surface area contributed by atoms with Crippen molar-refractivity contribution in [1.29, 1.82) is 0 Å². The van der Waals surface area contributed by atoms with E-state index in [4.69, 9.17) is 0 Å². The Hall–Kier alpha value is -2.18. The van der Waals surface area contributed by atoms with E-state index in [1.165, 1.54) is 6.07 Å². The van der Waals surface area contributed by atoms with E-state index >= 15 is 0 Å². The summed E-state index contributed by atoms with van der Waals surface area (Å²) in [6.07, 6.45) is 0.469. The molecule has 0 saturated carbocycles. The number of rotatable bonds is 6. The number of anilines is 1. The number of nitrogens with one attached hydrogen (secondary N) is 1. The van der Waals surface area contributed by atoms with Crippen LogP contribution in [0.1, 0.15) is 23.7 Å². The van der Waals surface area contributed by atoms with Crippen LogP contribution in [0.4, 0.5) is 5.82 Å². The number of benzene rings is 1. The normalized spacial score (nSPS) is 11.6. The molecule has 4 N–H and O–H groups in total. The largest absolute Gasteiger partial charge is 0.478 e. The summed E-state index contributed by atoms with van der Waals surface area (Å²) in [5.41, 5.74) is -0.254. The fourth-order valence-electron chi connectivity index (χ4n) is 2.13. The number of carboxylic acid groups (broad SMARTS) is 1. The lowest BCUT2D eigenvalue weighted by molar-refractivity contribution is 0.0699. The van der Waals surface area contributed by atoms with E-state index in [0.29, 0.717) is 23.1 Å². The maximum atomic E-state index is 11.4. The third kappa shape index (κ3) is 2.96. The maximum Gasteiger partial charge on any atom is 0.336 e. The molecule has 2 aromatic rings. The number of aromatic carboxylic acids is 1. The van der Waals surface area contributed by atoms with Crippen LogP contribution in [-0.4, -0.2) is 45.0 Å². The van der Waals surface area contributed by atoms with Crippen molar-refractivity contribution >= 4 is 22.7 Å². The minimum Gasteiger partial charge on any atom is -0.478 e. The molecule has 0 unspecified atom stereocenters. The number of aliphatic hydroxyl groups excluding tert-OH is 2. The van der Waals surface area contributed by atoms with Crippen molar-refractivity contribution < 1.29 is 20.1 Å². The number of aromatic nitrogens is 1. The zero-order chi connectivity index (χ0) is 15.5.